The number of amidine groups is 1. The van der Waals surface area contributed by atoms with Gasteiger partial charge in [-0.2, -0.15) is 0 Å². The molecule has 0 aliphatic carbocycles. The molecule has 0 fully saturated rings. The van der Waals surface area contributed by atoms with E-state index >= 15 is 0 Å². The maximum absolute atomic E-state index is 5.72. The van der Waals surface area contributed by atoms with Crippen molar-refractivity contribution < 1.29 is 4.74 Å². The Labute approximate surface area is 78.2 Å². The lowest BCUT2D eigenvalue weighted by atomic mass is 10.2. The van der Waals surface area contributed by atoms with Gasteiger partial charge in [-0.15, -0.1) is 0 Å². The minimum Gasteiger partial charge on any atom is -0.497 e. The molecule has 0 saturated carbocycles. The van der Waals surface area contributed by atoms with Crippen molar-refractivity contribution in [3.63, 3.8) is 0 Å². The monoisotopic (exact) mass is 178 g/mol. The normalized spacial score (nSPS) is 11.4. The van der Waals surface area contributed by atoms with Crippen molar-refractivity contribution in [3.8, 4) is 5.75 Å². The average molecular weight is 178 g/mol. The van der Waals surface area contributed by atoms with Crippen LogP contribution in [-0.4, -0.2) is 19.5 Å². The molecule has 0 atom stereocenters. The molecule has 13 heavy (non-hydrogen) atoms. The van der Waals surface area contributed by atoms with E-state index in [9.17, 15) is 0 Å². The summed E-state index contributed by atoms with van der Waals surface area (Å²) in [5.41, 5.74) is 6.63. The summed E-state index contributed by atoms with van der Waals surface area (Å²) in [5, 5.41) is 0. The number of nitrogens with zero attached hydrogens (tertiary/aromatic N) is 1. The molecule has 0 heterocycles. The van der Waals surface area contributed by atoms with Gasteiger partial charge in [-0.1, -0.05) is 12.1 Å². The molecule has 0 aliphatic rings. The summed E-state index contributed by atoms with van der Waals surface area (Å²) in [5.74, 6) is 1.35. The van der Waals surface area contributed by atoms with Crippen LogP contribution in [0.25, 0.3) is 0 Å². The van der Waals surface area contributed by atoms with Crippen molar-refractivity contribution in [1.82, 2.24) is 0 Å². The predicted octanol–water partition coefficient (Wildman–Crippen LogP) is 1.42. The Balaban J connectivity index is 2.94. The SMILES string of the molecule is CCN=C(N)c1cccc(OC)c1. The average Bonchev–Trinajstić information content (AvgIpc) is 2.18. The molecule has 0 amide bonds. The van der Waals surface area contributed by atoms with Gasteiger partial charge in [-0.3, -0.25) is 4.99 Å². The van der Waals surface area contributed by atoms with Gasteiger partial charge in [0, 0.05) is 12.1 Å². The second-order valence-corrected chi connectivity index (χ2v) is 2.59. The second kappa shape index (κ2) is 4.50. The van der Waals surface area contributed by atoms with E-state index in [2.05, 4.69) is 4.99 Å². The Kier molecular flexibility index (Phi) is 3.31. The summed E-state index contributed by atoms with van der Waals surface area (Å²) in [6.45, 7) is 2.65. The Hall–Kier alpha value is -1.51. The molecule has 1 aromatic carbocycles. The number of hydrogen-bond acceptors (Lipinski definition) is 2. The summed E-state index contributed by atoms with van der Waals surface area (Å²) in [7, 11) is 1.63. The van der Waals surface area contributed by atoms with Crippen LogP contribution in [0, 0.1) is 0 Å². The molecule has 70 valence electrons. The van der Waals surface area contributed by atoms with Crippen LogP contribution in [0.1, 0.15) is 12.5 Å². The molecule has 1 rings (SSSR count). The third-order valence-corrected chi connectivity index (χ3v) is 1.69. The Bertz CT molecular complexity index is 308. The number of hydrogen-bond donors (Lipinski definition) is 1. The van der Waals surface area contributed by atoms with Crippen LogP contribution in [0.4, 0.5) is 0 Å². The Morgan fingerprint density at radius 3 is 2.92 bits per heavy atom. The highest BCUT2D eigenvalue weighted by atomic mass is 16.5. The lowest BCUT2D eigenvalue weighted by Gasteiger charge is -2.03. The third-order valence-electron chi connectivity index (χ3n) is 1.69. The number of nitrogens with two attached hydrogens (primary N) is 1. The Morgan fingerprint density at radius 1 is 1.54 bits per heavy atom. The predicted molar refractivity (Wildman–Crippen MR) is 54.3 cm³/mol. The van der Waals surface area contributed by atoms with Crippen LogP contribution >= 0.6 is 0 Å². The molecular formula is C10H14N2O. The molecule has 0 spiro atoms. The highest BCUT2D eigenvalue weighted by molar-refractivity contribution is 5.97. The fourth-order valence-electron chi connectivity index (χ4n) is 1.04. The molecule has 0 aromatic heterocycles. The number of aliphatic imine (C=N–C) groups is 1. The molecular weight excluding hydrogens is 164 g/mol. The highest BCUT2D eigenvalue weighted by Gasteiger charge is 1.98. The fraction of sp³-hybridized carbons (Fsp3) is 0.300. The minimum absolute atomic E-state index is 0.557. The first kappa shape index (κ1) is 9.58. The first-order valence-electron chi connectivity index (χ1n) is 4.22. The van der Waals surface area contributed by atoms with Crippen molar-refractivity contribution in [1.29, 1.82) is 0 Å². The van der Waals surface area contributed by atoms with E-state index in [-0.39, 0.29) is 0 Å². The van der Waals surface area contributed by atoms with Gasteiger partial charge in [0.1, 0.15) is 11.6 Å². The Morgan fingerprint density at radius 2 is 2.31 bits per heavy atom. The zero-order valence-electron chi connectivity index (χ0n) is 7.95. The van der Waals surface area contributed by atoms with Gasteiger partial charge in [0.05, 0.1) is 7.11 Å². The zero-order chi connectivity index (χ0) is 9.68. The van der Waals surface area contributed by atoms with Crippen LogP contribution < -0.4 is 10.5 Å². The summed E-state index contributed by atoms with van der Waals surface area (Å²) >= 11 is 0. The largest absolute Gasteiger partial charge is 0.497 e. The lowest BCUT2D eigenvalue weighted by molar-refractivity contribution is 0.414. The van der Waals surface area contributed by atoms with Crippen LogP contribution in [0.2, 0.25) is 0 Å². The molecule has 0 radical (unpaired) electrons. The molecule has 3 heteroatoms. The number of methoxy groups -OCH3 is 1. The van der Waals surface area contributed by atoms with Gasteiger partial charge in [-0.05, 0) is 19.1 Å². The minimum atomic E-state index is 0.557. The van der Waals surface area contributed by atoms with E-state index in [1.165, 1.54) is 0 Å². The lowest BCUT2D eigenvalue weighted by Crippen LogP contribution is -2.13. The van der Waals surface area contributed by atoms with Crippen molar-refractivity contribution in [2.24, 2.45) is 10.7 Å². The smallest absolute Gasteiger partial charge is 0.125 e. The van der Waals surface area contributed by atoms with E-state index in [0.29, 0.717) is 12.4 Å². The number of benzene rings is 1. The third kappa shape index (κ3) is 2.47. The van der Waals surface area contributed by atoms with Gasteiger partial charge in [-0.25, -0.2) is 0 Å². The maximum atomic E-state index is 5.72. The van der Waals surface area contributed by atoms with Crippen LogP contribution in [0.15, 0.2) is 29.3 Å². The number of ether oxygens (including phenoxy) is 1. The molecule has 0 unspecified atom stereocenters. The van der Waals surface area contributed by atoms with Gasteiger partial charge < -0.3 is 10.5 Å². The second-order valence-electron chi connectivity index (χ2n) is 2.59. The van der Waals surface area contributed by atoms with Crippen LogP contribution in [0.3, 0.4) is 0 Å². The topological polar surface area (TPSA) is 47.6 Å². The first-order chi connectivity index (χ1) is 6.27. The van der Waals surface area contributed by atoms with Gasteiger partial charge in [0.2, 0.25) is 0 Å². The van der Waals surface area contributed by atoms with Crippen LogP contribution in [-0.2, 0) is 0 Å². The van der Waals surface area contributed by atoms with Gasteiger partial charge >= 0.3 is 0 Å². The van der Waals surface area contributed by atoms with E-state index in [0.717, 1.165) is 11.3 Å². The highest BCUT2D eigenvalue weighted by Crippen LogP contribution is 2.11. The fourth-order valence-corrected chi connectivity index (χ4v) is 1.04. The van der Waals surface area contributed by atoms with Gasteiger partial charge in [0.15, 0.2) is 0 Å². The zero-order valence-corrected chi connectivity index (χ0v) is 7.95. The van der Waals surface area contributed by atoms with Crippen molar-refractivity contribution in [3.05, 3.63) is 29.8 Å². The number of rotatable bonds is 3. The van der Waals surface area contributed by atoms with E-state index in [4.69, 9.17) is 10.5 Å². The summed E-state index contributed by atoms with van der Waals surface area (Å²) in [6.07, 6.45) is 0. The molecule has 0 saturated heterocycles. The van der Waals surface area contributed by atoms with Crippen molar-refractivity contribution in [2.75, 3.05) is 13.7 Å². The summed E-state index contributed by atoms with van der Waals surface area (Å²) in [6, 6.07) is 7.56. The van der Waals surface area contributed by atoms with Gasteiger partial charge in [0.25, 0.3) is 0 Å². The van der Waals surface area contributed by atoms with Crippen molar-refractivity contribution >= 4 is 5.84 Å². The summed E-state index contributed by atoms with van der Waals surface area (Å²) < 4.78 is 5.07. The van der Waals surface area contributed by atoms with E-state index < -0.39 is 0 Å². The first-order valence-corrected chi connectivity index (χ1v) is 4.22. The molecule has 0 bridgehead atoms. The molecule has 2 N–H and O–H groups in total. The van der Waals surface area contributed by atoms with Crippen molar-refractivity contribution in [2.45, 2.75) is 6.92 Å². The van der Waals surface area contributed by atoms with E-state index in [1.807, 2.05) is 31.2 Å². The quantitative estimate of drug-likeness (QED) is 0.562. The van der Waals surface area contributed by atoms with E-state index in [1.54, 1.807) is 7.11 Å². The van der Waals surface area contributed by atoms with Crippen LogP contribution in [0.5, 0.6) is 5.75 Å². The standard InChI is InChI=1S/C10H14N2O/c1-3-12-10(11)8-5-4-6-9(7-8)13-2/h4-7H,3H2,1-2H3,(H2,11,12). The summed E-state index contributed by atoms with van der Waals surface area (Å²) in [4.78, 5) is 4.11. The maximum Gasteiger partial charge on any atom is 0.125 e. The molecule has 3 nitrogen and oxygen atoms in total. The molecule has 1 aromatic rings. The molecule has 0 aliphatic heterocycles.